The zero-order valence-electron chi connectivity index (χ0n) is 9.59. The first-order chi connectivity index (χ1) is 8.31. The van der Waals surface area contributed by atoms with Gasteiger partial charge in [-0.2, -0.15) is 16.7 Å². The number of pyridine rings is 1. The minimum absolute atomic E-state index is 0.456. The molecule has 0 radical (unpaired) electrons. The fraction of sp³-hybridized carbons (Fsp3) is 0.364. The van der Waals surface area contributed by atoms with E-state index in [1.54, 1.807) is 30.2 Å². The van der Waals surface area contributed by atoms with Crippen molar-refractivity contribution in [1.29, 1.82) is 0 Å². The SMILES string of the molecule is CCCSCc1noc(-c2ccncc2N)n1. The molecule has 6 heteroatoms. The van der Waals surface area contributed by atoms with Crippen molar-refractivity contribution in [3.05, 3.63) is 24.3 Å². The van der Waals surface area contributed by atoms with Crippen LogP contribution in [0.3, 0.4) is 0 Å². The van der Waals surface area contributed by atoms with Crippen molar-refractivity contribution in [3.8, 4) is 11.5 Å². The summed E-state index contributed by atoms with van der Waals surface area (Å²) in [4.78, 5) is 8.23. The zero-order chi connectivity index (χ0) is 12.1. The summed E-state index contributed by atoms with van der Waals surface area (Å²) in [5.41, 5.74) is 7.07. The Hall–Kier alpha value is -1.56. The predicted molar refractivity (Wildman–Crippen MR) is 68.4 cm³/mol. The Kier molecular flexibility index (Phi) is 3.98. The van der Waals surface area contributed by atoms with Gasteiger partial charge in [-0.3, -0.25) is 4.98 Å². The van der Waals surface area contributed by atoms with Crippen LogP contribution in [0.15, 0.2) is 23.0 Å². The Morgan fingerprint density at radius 2 is 2.35 bits per heavy atom. The molecule has 0 amide bonds. The molecule has 0 aliphatic heterocycles. The average Bonchev–Trinajstić information content (AvgIpc) is 2.79. The molecule has 2 aromatic heterocycles. The van der Waals surface area contributed by atoms with Crippen molar-refractivity contribution in [2.45, 2.75) is 19.1 Å². The van der Waals surface area contributed by atoms with Crippen LogP contribution in [0.1, 0.15) is 19.2 Å². The third-order valence-corrected chi connectivity index (χ3v) is 3.29. The second-order valence-corrected chi connectivity index (χ2v) is 4.64. The number of aromatic nitrogens is 3. The highest BCUT2D eigenvalue weighted by Gasteiger charge is 2.11. The van der Waals surface area contributed by atoms with Crippen LogP contribution in [0.5, 0.6) is 0 Å². The molecule has 0 saturated carbocycles. The van der Waals surface area contributed by atoms with Gasteiger partial charge in [0.05, 0.1) is 23.2 Å². The first-order valence-electron chi connectivity index (χ1n) is 5.41. The van der Waals surface area contributed by atoms with Gasteiger partial charge in [0.2, 0.25) is 0 Å². The van der Waals surface area contributed by atoms with Gasteiger partial charge in [0.25, 0.3) is 5.89 Å². The Morgan fingerprint density at radius 1 is 1.47 bits per heavy atom. The molecule has 0 atom stereocenters. The van der Waals surface area contributed by atoms with E-state index in [4.69, 9.17) is 10.3 Å². The topological polar surface area (TPSA) is 77.8 Å². The summed E-state index contributed by atoms with van der Waals surface area (Å²) in [7, 11) is 0. The van der Waals surface area contributed by atoms with Crippen molar-refractivity contribution in [1.82, 2.24) is 15.1 Å². The summed E-state index contributed by atoms with van der Waals surface area (Å²) in [6, 6.07) is 1.77. The van der Waals surface area contributed by atoms with E-state index in [0.29, 0.717) is 17.4 Å². The van der Waals surface area contributed by atoms with Gasteiger partial charge in [-0.15, -0.1) is 0 Å². The molecule has 2 rings (SSSR count). The lowest BCUT2D eigenvalue weighted by Gasteiger charge is -1.97. The molecular weight excluding hydrogens is 236 g/mol. The first-order valence-corrected chi connectivity index (χ1v) is 6.57. The van der Waals surface area contributed by atoms with Gasteiger partial charge < -0.3 is 10.3 Å². The van der Waals surface area contributed by atoms with Gasteiger partial charge >= 0.3 is 0 Å². The molecule has 0 aliphatic rings. The molecule has 0 fully saturated rings. The highest BCUT2D eigenvalue weighted by atomic mass is 32.2. The molecule has 0 aliphatic carbocycles. The summed E-state index contributed by atoms with van der Waals surface area (Å²) in [5.74, 6) is 3.02. The number of nitrogens with two attached hydrogens (primary N) is 1. The van der Waals surface area contributed by atoms with Crippen molar-refractivity contribution < 1.29 is 4.52 Å². The molecule has 0 saturated heterocycles. The fourth-order valence-electron chi connectivity index (χ4n) is 1.33. The van der Waals surface area contributed by atoms with E-state index >= 15 is 0 Å². The molecule has 2 N–H and O–H groups in total. The van der Waals surface area contributed by atoms with Crippen LogP contribution in [0, 0.1) is 0 Å². The maximum absolute atomic E-state index is 5.79. The van der Waals surface area contributed by atoms with Crippen LogP contribution >= 0.6 is 11.8 Å². The van der Waals surface area contributed by atoms with Crippen LogP contribution in [0.2, 0.25) is 0 Å². The van der Waals surface area contributed by atoms with E-state index in [1.165, 1.54) is 0 Å². The van der Waals surface area contributed by atoms with E-state index in [-0.39, 0.29) is 0 Å². The van der Waals surface area contributed by atoms with Crippen molar-refractivity contribution in [2.75, 3.05) is 11.5 Å². The highest BCUT2D eigenvalue weighted by molar-refractivity contribution is 7.98. The molecule has 90 valence electrons. The summed E-state index contributed by atoms with van der Waals surface area (Å²) in [5, 5.41) is 3.92. The molecule has 2 heterocycles. The monoisotopic (exact) mass is 250 g/mol. The van der Waals surface area contributed by atoms with Crippen molar-refractivity contribution in [3.63, 3.8) is 0 Å². The Balaban J connectivity index is 2.10. The largest absolute Gasteiger partial charge is 0.397 e. The van der Waals surface area contributed by atoms with Crippen LogP contribution < -0.4 is 5.73 Å². The fourth-order valence-corrected chi connectivity index (χ4v) is 2.06. The average molecular weight is 250 g/mol. The maximum atomic E-state index is 5.79. The summed E-state index contributed by atoms with van der Waals surface area (Å²) in [6.45, 7) is 2.15. The molecule has 0 unspecified atom stereocenters. The number of nitrogens with zero attached hydrogens (tertiary/aromatic N) is 3. The third-order valence-electron chi connectivity index (χ3n) is 2.13. The summed E-state index contributed by atoms with van der Waals surface area (Å²) in [6.07, 6.45) is 4.37. The van der Waals surface area contributed by atoms with Crippen LogP contribution in [0.25, 0.3) is 11.5 Å². The molecule has 2 aromatic rings. The second kappa shape index (κ2) is 5.67. The predicted octanol–water partition coefficient (Wildman–Crippen LogP) is 2.36. The maximum Gasteiger partial charge on any atom is 0.260 e. The van der Waals surface area contributed by atoms with Gasteiger partial charge in [-0.25, -0.2) is 0 Å². The van der Waals surface area contributed by atoms with Crippen LogP contribution in [-0.2, 0) is 5.75 Å². The molecule has 0 spiro atoms. The third kappa shape index (κ3) is 2.97. The first kappa shape index (κ1) is 11.9. The smallest absolute Gasteiger partial charge is 0.260 e. The number of nitrogen functional groups attached to an aromatic ring is 1. The van der Waals surface area contributed by atoms with E-state index in [9.17, 15) is 0 Å². The van der Waals surface area contributed by atoms with E-state index < -0.39 is 0 Å². The number of hydrogen-bond donors (Lipinski definition) is 1. The molecular formula is C11H14N4OS. The number of thioether (sulfide) groups is 1. The highest BCUT2D eigenvalue weighted by Crippen LogP contribution is 2.23. The van der Waals surface area contributed by atoms with E-state index in [2.05, 4.69) is 22.0 Å². The van der Waals surface area contributed by atoms with Gasteiger partial charge in [0.15, 0.2) is 5.82 Å². The van der Waals surface area contributed by atoms with Gasteiger partial charge in [0, 0.05) is 6.20 Å². The number of hydrogen-bond acceptors (Lipinski definition) is 6. The summed E-state index contributed by atoms with van der Waals surface area (Å²) < 4.78 is 5.18. The lowest BCUT2D eigenvalue weighted by Crippen LogP contribution is -1.91. The molecule has 5 nitrogen and oxygen atoms in total. The minimum atomic E-state index is 0.456. The van der Waals surface area contributed by atoms with Crippen molar-refractivity contribution >= 4 is 17.4 Å². The van der Waals surface area contributed by atoms with Crippen molar-refractivity contribution in [2.24, 2.45) is 0 Å². The summed E-state index contributed by atoms with van der Waals surface area (Å²) >= 11 is 1.79. The van der Waals surface area contributed by atoms with E-state index in [0.717, 1.165) is 23.5 Å². The van der Waals surface area contributed by atoms with Gasteiger partial charge in [-0.1, -0.05) is 12.1 Å². The Bertz CT molecular complexity index is 486. The van der Waals surface area contributed by atoms with Gasteiger partial charge in [0.1, 0.15) is 0 Å². The number of rotatable bonds is 5. The Labute approximate surface area is 104 Å². The lowest BCUT2D eigenvalue weighted by molar-refractivity contribution is 0.425. The number of anilines is 1. The standard InChI is InChI=1S/C11H14N4OS/c1-2-5-17-7-10-14-11(16-15-10)8-3-4-13-6-9(8)12/h3-4,6H,2,5,7,12H2,1H3. The van der Waals surface area contributed by atoms with Crippen LogP contribution in [0.4, 0.5) is 5.69 Å². The van der Waals surface area contributed by atoms with E-state index in [1.807, 2.05) is 0 Å². The van der Waals surface area contributed by atoms with Crippen LogP contribution in [-0.4, -0.2) is 20.9 Å². The molecule has 17 heavy (non-hydrogen) atoms. The zero-order valence-corrected chi connectivity index (χ0v) is 10.4. The second-order valence-electron chi connectivity index (χ2n) is 3.53. The molecule has 0 bridgehead atoms. The lowest BCUT2D eigenvalue weighted by atomic mass is 10.2. The van der Waals surface area contributed by atoms with Gasteiger partial charge in [-0.05, 0) is 18.2 Å². The minimum Gasteiger partial charge on any atom is -0.397 e. The molecule has 0 aromatic carbocycles. The Morgan fingerprint density at radius 3 is 3.12 bits per heavy atom. The quantitative estimate of drug-likeness (QED) is 0.821. The normalized spacial score (nSPS) is 10.6.